The van der Waals surface area contributed by atoms with Crippen LogP contribution in [0.1, 0.15) is 19.8 Å². The zero-order chi connectivity index (χ0) is 7.56. The van der Waals surface area contributed by atoms with E-state index in [1.807, 2.05) is 0 Å². The Morgan fingerprint density at radius 2 is 2.20 bits per heavy atom. The summed E-state index contributed by atoms with van der Waals surface area (Å²) in [6.07, 6.45) is 2.68. The van der Waals surface area contributed by atoms with Crippen molar-refractivity contribution in [2.45, 2.75) is 25.8 Å². The van der Waals surface area contributed by atoms with Crippen molar-refractivity contribution in [3.05, 3.63) is 0 Å². The minimum absolute atomic E-state index is 0.291. The largest absolute Gasteiger partial charge is 0.395 e. The van der Waals surface area contributed by atoms with Gasteiger partial charge in [-0.05, 0) is 25.8 Å². The van der Waals surface area contributed by atoms with Gasteiger partial charge in [0, 0.05) is 12.6 Å². The smallest absolute Gasteiger partial charge is 0.0558 e. The van der Waals surface area contributed by atoms with Gasteiger partial charge in [-0.25, -0.2) is 0 Å². The Morgan fingerprint density at radius 1 is 1.50 bits per heavy atom. The van der Waals surface area contributed by atoms with Crippen LogP contribution in [0.2, 0.25) is 0 Å². The predicted molar refractivity (Wildman–Crippen MR) is 41.9 cm³/mol. The van der Waals surface area contributed by atoms with E-state index in [2.05, 4.69) is 18.9 Å². The van der Waals surface area contributed by atoms with Crippen LogP contribution in [0.25, 0.3) is 0 Å². The lowest BCUT2D eigenvalue weighted by Crippen LogP contribution is -2.44. The fourth-order valence-electron chi connectivity index (χ4n) is 1.63. The third-order valence-electron chi connectivity index (χ3n) is 2.59. The van der Waals surface area contributed by atoms with E-state index in [4.69, 9.17) is 5.11 Å². The van der Waals surface area contributed by atoms with Gasteiger partial charge in [0.25, 0.3) is 0 Å². The summed E-state index contributed by atoms with van der Waals surface area (Å²) in [5.41, 5.74) is 0. The zero-order valence-corrected chi connectivity index (χ0v) is 6.88. The molecule has 1 fully saturated rings. The van der Waals surface area contributed by atoms with Gasteiger partial charge in [0.1, 0.15) is 0 Å². The number of aliphatic hydroxyl groups is 1. The van der Waals surface area contributed by atoms with E-state index in [1.54, 1.807) is 0 Å². The molecular formula is C8H17NO. The second-order valence-electron chi connectivity index (χ2n) is 3.33. The summed E-state index contributed by atoms with van der Waals surface area (Å²) in [6.45, 7) is 3.40. The minimum Gasteiger partial charge on any atom is -0.395 e. The highest BCUT2D eigenvalue weighted by atomic mass is 16.3. The molecule has 1 aliphatic rings. The van der Waals surface area contributed by atoms with E-state index in [0.29, 0.717) is 6.61 Å². The zero-order valence-electron chi connectivity index (χ0n) is 6.88. The van der Waals surface area contributed by atoms with Crippen LogP contribution in [-0.4, -0.2) is 36.2 Å². The van der Waals surface area contributed by atoms with E-state index in [9.17, 15) is 0 Å². The molecule has 2 unspecified atom stereocenters. The van der Waals surface area contributed by atoms with Crippen molar-refractivity contribution < 1.29 is 5.11 Å². The summed E-state index contributed by atoms with van der Waals surface area (Å²) >= 11 is 0. The maximum Gasteiger partial charge on any atom is 0.0558 e. The predicted octanol–water partition coefficient (Wildman–Crippen LogP) is 0.709. The lowest BCUT2D eigenvalue weighted by molar-refractivity contribution is 0.0792. The van der Waals surface area contributed by atoms with Crippen LogP contribution >= 0.6 is 0 Å². The Balaban J connectivity index is 2.20. The molecule has 0 aromatic heterocycles. The maximum atomic E-state index is 8.65. The van der Waals surface area contributed by atoms with Crippen LogP contribution in [0.3, 0.4) is 0 Å². The first-order valence-electron chi connectivity index (χ1n) is 4.07. The van der Waals surface area contributed by atoms with Gasteiger partial charge in [0.05, 0.1) is 6.61 Å². The molecule has 1 N–H and O–H groups in total. The molecule has 0 spiro atoms. The summed E-state index contributed by atoms with van der Waals surface area (Å²) in [4.78, 5) is 2.26. The highest BCUT2D eigenvalue weighted by molar-refractivity contribution is 4.84. The average molecular weight is 143 g/mol. The lowest BCUT2D eigenvalue weighted by atomic mass is 9.80. The second-order valence-corrected chi connectivity index (χ2v) is 3.33. The van der Waals surface area contributed by atoms with Gasteiger partial charge in [-0.2, -0.15) is 0 Å². The lowest BCUT2D eigenvalue weighted by Gasteiger charge is -2.40. The first kappa shape index (κ1) is 8.02. The van der Waals surface area contributed by atoms with E-state index in [-0.39, 0.29) is 0 Å². The molecule has 60 valence electrons. The molecule has 0 aromatic carbocycles. The monoisotopic (exact) mass is 143 g/mol. The van der Waals surface area contributed by atoms with Crippen molar-refractivity contribution in [1.29, 1.82) is 0 Å². The molecule has 10 heavy (non-hydrogen) atoms. The van der Waals surface area contributed by atoms with Crippen molar-refractivity contribution in [3.63, 3.8) is 0 Å². The number of likely N-dealkylation sites (N-methyl/N-ethyl adjacent to an activating group) is 1. The van der Waals surface area contributed by atoms with Crippen molar-refractivity contribution in [1.82, 2.24) is 4.90 Å². The highest BCUT2D eigenvalue weighted by Gasteiger charge is 2.29. The molecule has 0 bridgehead atoms. The molecule has 0 aromatic rings. The molecule has 1 rings (SSSR count). The molecule has 2 atom stereocenters. The third-order valence-corrected chi connectivity index (χ3v) is 2.59. The molecular weight excluding hydrogens is 126 g/mol. The Bertz CT molecular complexity index is 105. The molecule has 0 radical (unpaired) electrons. The van der Waals surface area contributed by atoms with Gasteiger partial charge in [-0.3, -0.25) is 0 Å². The number of nitrogens with zero attached hydrogens (tertiary/aromatic N) is 1. The summed E-state index contributed by atoms with van der Waals surface area (Å²) in [5, 5.41) is 8.65. The maximum absolute atomic E-state index is 8.65. The van der Waals surface area contributed by atoms with Gasteiger partial charge in [0.2, 0.25) is 0 Å². The number of rotatable bonds is 3. The van der Waals surface area contributed by atoms with Crippen molar-refractivity contribution in [2.75, 3.05) is 20.2 Å². The standard InChI is InChI=1S/C8H17NO/c1-7-3-4-8(7)9(2)5-6-10/h7-8,10H,3-6H2,1-2H3. The van der Waals surface area contributed by atoms with Gasteiger partial charge in [-0.15, -0.1) is 0 Å². The van der Waals surface area contributed by atoms with E-state index in [0.717, 1.165) is 18.5 Å². The molecule has 1 saturated carbocycles. The fraction of sp³-hybridized carbons (Fsp3) is 1.00. The third kappa shape index (κ3) is 1.50. The van der Waals surface area contributed by atoms with E-state index < -0.39 is 0 Å². The van der Waals surface area contributed by atoms with Gasteiger partial charge < -0.3 is 10.0 Å². The Labute approximate surface area is 62.8 Å². The van der Waals surface area contributed by atoms with Crippen molar-refractivity contribution in [3.8, 4) is 0 Å². The summed E-state index contributed by atoms with van der Waals surface area (Å²) < 4.78 is 0. The first-order chi connectivity index (χ1) is 4.75. The molecule has 0 aliphatic heterocycles. The van der Waals surface area contributed by atoms with Gasteiger partial charge >= 0.3 is 0 Å². The number of aliphatic hydroxyl groups excluding tert-OH is 1. The highest BCUT2D eigenvalue weighted by Crippen LogP contribution is 2.30. The van der Waals surface area contributed by atoms with Gasteiger partial charge in [-0.1, -0.05) is 6.92 Å². The van der Waals surface area contributed by atoms with E-state index >= 15 is 0 Å². The van der Waals surface area contributed by atoms with Crippen LogP contribution in [-0.2, 0) is 0 Å². The normalized spacial score (nSPS) is 32.4. The first-order valence-corrected chi connectivity index (χ1v) is 4.07. The van der Waals surface area contributed by atoms with Crippen LogP contribution < -0.4 is 0 Å². The summed E-state index contributed by atoms with van der Waals surface area (Å²) in [6, 6.07) is 0.743. The van der Waals surface area contributed by atoms with Crippen LogP contribution in [0.15, 0.2) is 0 Å². The number of hydrogen-bond acceptors (Lipinski definition) is 2. The molecule has 0 heterocycles. The molecule has 1 aliphatic carbocycles. The quantitative estimate of drug-likeness (QED) is 0.629. The van der Waals surface area contributed by atoms with E-state index in [1.165, 1.54) is 12.8 Å². The molecule has 0 saturated heterocycles. The van der Waals surface area contributed by atoms with Crippen LogP contribution in [0, 0.1) is 5.92 Å². The average Bonchev–Trinajstić information content (AvgIpc) is 1.85. The summed E-state index contributed by atoms with van der Waals surface area (Å²) in [7, 11) is 2.09. The van der Waals surface area contributed by atoms with Gasteiger partial charge in [0.15, 0.2) is 0 Å². The molecule has 2 heteroatoms. The molecule has 0 amide bonds. The Hall–Kier alpha value is -0.0800. The topological polar surface area (TPSA) is 23.5 Å². The minimum atomic E-state index is 0.291. The van der Waals surface area contributed by atoms with Crippen LogP contribution in [0.4, 0.5) is 0 Å². The number of hydrogen-bond donors (Lipinski definition) is 1. The Morgan fingerprint density at radius 3 is 2.50 bits per heavy atom. The molecule has 2 nitrogen and oxygen atoms in total. The Kier molecular flexibility index (Phi) is 2.69. The SMILES string of the molecule is CC1CCC1N(C)CCO. The summed E-state index contributed by atoms with van der Waals surface area (Å²) in [5.74, 6) is 0.844. The van der Waals surface area contributed by atoms with Crippen molar-refractivity contribution >= 4 is 0 Å². The fourth-order valence-corrected chi connectivity index (χ4v) is 1.63. The second kappa shape index (κ2) is 3.35. The van der Waals surface area contributed by atoms with Crippen molar-refractivity contribution in [2.24, 2.45) is 5.92 Å². The van der Waals surface area contributed by atoms with Crippen LogP contribution in [0.5, 0.6) is 0 Å².